The molecular formula is C17H18N2O3. The zero-order valence-corrected chi connectivity index (χ0v) is 12.5. The summed E-state index contributed by atoms with van der Waals surface area (Å²) < 4.78 is 6.92. The van der Waals surface area contributed by atoms with Gasteiger partial charge in [0.15, 0.2) is 5.88 Å². The quantitative estimate of drug-likeness (QED) is 0.773. The van der Waals surface area contributed by atoms with Crippen molar-refractivity contribution >= 4 is 16.8 Å². The average molecular weight is 298 g/mol. The molecule has 0 bridgehead atoms. The zero-order chi connectivity index (χ0) is 15.7. The van der Waals surface area contributed by atoms with Crippen molar-refractivity contribution in [3.63, 3.8) is 0 Å². The summed E-state index contributed by atoms with van der Waals surface area (Å²) in [6, 6.07) is 10.5. The normalized spacial score (nSPS) is 12.5. The minimum Gasteiger partial charge on any atom is -0.507 e. The molecule has 0 saturated heterocycles. The molecule has 5 nitrogen and oxygen atoms in total. The fourth-order valence-corrected chi connectivity index (χ4v) is 2.76. The number of pyridine rings is 1. The van der Waals surface area contributed by atoms with E-state index >= 15 is 0 Å². The van der Waals surface area contributed by atoms with Crippen LogP contribution in [0.4, 0.5) is 5.88 Å². The van der Waals surface area contributed by atoms with Gasteiger partial charge in [-0.25, -0.2) is 0 Å². The van der Waals surface area contributed by atoms with E-state index in [9.17, 15) is 9.90 Å². The van der Waals surface area contributed by atoms with Crippen LogP contribution in [0.5, 0.6) is 5.75 Å². The summed E-state index contributed by atoms with van der Waals surface area (Å²) in [7, 11) is 0. The zero-order valence-electron chi connectivity index (χ0n) is 12.5. The molecule has 0 aliphatic carbocycles. The largest absolute Gasteiger partial charge is 0.507 e. The fraction of sp³-hybridized carbons (Fsp3) is 0.235. The van der Waals surface area contributed by atoms with E-state index < -0.39 is 0 Å². The van der Waals surface area contributed by atoms with Crippen molar-refractivity contribution < 1.29 is 9.52 Å². The molecule has 0 aliphatic rings. The molecule has 0 radical (unpaired) electrons. The Hall–Kier alpha value is -2.69. The van der Waals surface area contributed by atoms with E-state index in [-0.39, 0.29) is 17.4 Å². The minimum atomic E-state index is -0.374. The lowest BCUT2D eigenvalue weighted by Gasteiger charge is -2.18. The first-order chi connectivity index (χ1) is 10.6. The average Bonchev–Trinajstić information content (AvgIpc) is 3.01. The van der Waals surface area contributed by atoms with Gasteiger partial charge in [-0.05, 0) is 32.0 Å². The fourth-order valence-electron chi connectivity index (χ4n) is 2.76. The van der Waals surface area contributed by atoms with Gasteiger partial charge in [-0.1, -0.05) is 12.1 Å². The van der Waals surface area contributed by atoms with E-state index in [0.29, 0.717) is 23.4 Å². The Labute approximate surface area is 127 Å². The van der Waals surface area contributed by atoms with Crippen LogP contribution >= 0.6 is 0 Å². The number of aromatic nitrogens is 1. The Balaban J connectivity index is 2.18. The van der Waals surface area contributed by atoms with Crippen molar-refractivity contribution in [2.45, 2.75) is 26.4 Å². The van der Waals surface area contributed by atoms with Crippen LogP contribution in [-0.2, 0) is 6.54 Å². The van der Waals surface area contributed by atoms with Gasteiger partial charge in [-0.15, -0.1) is 0 Å². The summed E-state index contributed by atoms with van der Waals surface area (Å²) in [6.07, 6.45) is 1.56. The third kappa shape index (κ3) is 2.24. The van der Waals surface area contributed by atoms with Gasteiger partial charge in [-0.2, -0.15) is 0 Å². The van der Waals surface area contributed by atoms with Crippen LogP contribution in [0.15, 0.2) is 51.9 Å². The molecule has 2 heterocycles. The summed E-state index contributed by atoms with van der Waals surface area (Å²) in [5, 5.41) is 14.3. The second-order valence-corrected chi connectivity index (χ2v) is 5.17. The molecule has 5 heteroatoms. The number of para-hydroxylation sites is 1. The molecule has 22 heavy (non-hydrogen) atoms. The first kappa shape index (κ1) is 14.3. The lowest BCUT2D eigenvalue weighted by molar-refractivity contribution is 0.466. The van der Waals surface area contributed by atoms with Gasteiger partial charge in [0.2, 0.25) is 0 Å². The molecule has 3 rings (SSSR count). The Morgan fingerprint density at radius 1 is 1.27 bits per heavy atom. The highest BCUT2D eigenvalue weighted by atomic mass is 16.3. The Morgan fingerprint density at radius 3 is 2.73 bits per heavy atom. The van der Waals surface area contributed by atoms with Crippen molar-refractivity contribution in [2.24, 2.45) is 0 Å². The number of hydrogen-bond donors (Lipinski definition) is 2. The molecule has 0 spiro atoms. The number of anilines is 1. The monoisotopic (exact) mass is 298 g/mol. The molecule has 2 N–H and O–H groups in total. The second kappa shape index (κ2) is 5.60. The molecule has 0 aliphatic heterocycles. The van der Waals surface area contributed by atoms with Crippen LogP contribution in [0, 0.1) is 0 Å². The first-order valence-corrected chi connectivity index (χ1v) is 7.28. The van der Waals surface area contributed by atoms with Crippen molar-refractivity contribution in [2.75, 3.05) is 5.32 Å². The lowest BCUT2D eigenvalue weighted by atomic mass is 10.0. The minimum absolute atomic E-state index is 0.0249. The summed E-state index contributed by atoms with van der Waals surface area (Å²) in [4.78, 5) is 12.7. The number of hydrogen-bond acceptors (Lipinski definition) is 4. The number of benzene rings is 1. The molecule has 3 aromatic rings. The predicted octanol–water partition coefficient (Wildman–Crippen LogP) is 3.49. The maximum Gasteiger partial charge on any atom is 0.260 e. The number of rotatable bonds is 4. The van der Waals surface area contributed by atoms with Crippen LogP contribution in [0.2, 0.25) is 0 Å². The van der Waals surface area contributed by atoms with Gasteiger partial charge in [0.05, 0.1) is 23.4 Å². The predicted molar refractivity (Wildman–Crippen MR) is 86.3 cm³/mol. The highest BCUT2D eigenvalue weighted by Crippen LogP contribution is 2.31. The lowest BCUT2D eigenvalue weighted by Crippen LogP contribution is -2.27. The van der Waals surface area contributed by atoms with E-state index in [0.717, 1.165) is 5.52 Å². The Morgan fingerprint density at radius 2 is 2.05 bits per heavy atom. The van der Waals surface area contributed by atoms with E-state index in [1.54, 1.807) is 23.0 Å². The summed E-state index contributed by atoms with van der Waals surface area (Å²) in [5.41, 5.74) is 0.892. The van der Waals surface area contributed by atoms with Crippen LogP contribution < -0.4 is 10.9 Å². The number of aromatic hydroxyl groups is 1. The molecule has 0 amide bonds. The Kier molecular flexibility index (Phi) is 3.63. The SMILES string of the molecule is CCn1c(=O)c(C(C)Nc2ccco2)c(O)c2ccccc21. The summed E-state index contributed by atoms with van der Waals surface area (Å²) >= 11 is 0. The molecule has 1 aromatic carbocycles. The highest BCUT2D eigenvalue weighted by Gasteiger charge is 2.20. The van der Waals surface area contributed by atoms with Gasteiger partial charge in [0.25, 0.3) is 5.56 Å². The first-order valence-electron chi connectivity index (χ1n) is 7.28. The molecule has 114 valence electrons. The van der Waals surface area contributed by atoms with Crippen molar-refractivity contribution in [1.82, 2.24) is 4.57 Å². The smallest absolute Gasteiger partial charge is 0.260 e. The van der Waals surface area contributed by atoms with Crippen molar-refractivity contribution in [3.8, 4) is 5.75 Å². The van der Waals surface area contributed by atoms with Crippen LogP contribution in [-0.4, -0.2) is 9.67 Å². The highest BCUT2D eigenvalue weighted by molar-refractivity contribution is 5.86. The number of nitrogens with one attached hydrogen (secondary N) is 1. The molecule has 1 atom stereocenters. The van der Waals surface area contributed by atoms with E-state index in [1.807, 2.05) is 38.1 Å². The van der Waals surface area contributed by atoms with Gasteiger partial charge in [0, 0.05) is 18.0 Å². The molecule has 1 unspecified atom stereocenters. The van der Waals surface area contributed by atoms with E-state index in [1.165, 1.54) is 0 Å². The standard InChI is InChI=1S/C17H18N2O3/c1-3-19-13-8-5-4-7-12(13)16(20)15(17(19)21)11(2)18-14-9-6-10-22-14/h4-11,18,20H,3H2,1-2H3. The Bertz CT molecular complexity index is 850. The van der Waals surface area contributed by atoms with E-state index in [4.69, 9.17) is 4.42 Å². The summed E-state index contributed by atoms with van der Waals surface area (Å²) in [6.45, 7) is 4.28. The third-order valence-electron chi connectivity index (χ3n) is 3.81. The van der Waals surface area contributed by atoms with Crippen LogP contribution in [0.1, 0.15) is 25.5 Å². The maximum absolute atomic E-state index is 12.7. The summed E-state index contributed by atoms with van der Waals surface area (Å²) in [5.74, 6) is 0.583. The third-order valence-corrected chi connectivity index (χ3v) is 3.81. The molecular weight excluding hydrogens is 280 g/mol. The van der Waals surface area contributed by atoms with Crippen LogP contribution in [0.25, 0.3) is 10.9 Å². The van der Waals surface area contributed by atoms with Gasteiger partial charge in [-0.3, -0.25) is 4.79 Å². The number of aryl methyl sites for hydroxylation is 1. The van der Waals surface area contributed by atoms with Crippen LogP contribution in [0.3, 0.4) is 0 Å². The van der Waals surface area contributed by atoms with Gasteiger partial charge >= 0.3 is 0 Å². The molecule has 2 aromatic heterocycles. The van der Waals surface area contributed by atoms with Gasteiger partial charge in [0.1, 0.15) is 5.75 Å². The van der Waals surface area contributed by atoms with E-state index in [2.05, 4.69) is 5.32 Å². The maximum atomic E-state index is 12.7. The van der Waals surface area contributed by atoms with Crippen molar-refractivity contribution in [1.29, 1.82) is 0 Å². The number of nitrogens with zero attached hydrogens (tertiary/aromatic N) is 1. The molecule has 0 saturated carbocycles. The second-order valence-electron chi connectivity index (χ2n) is 5.17. The number of fused-ring (bicyclic) bond motifs is 1. The molecule has 0 fully saturated rings. The number of furan rings is 1. The van der Waals surface area contributed by atoms with Gasteiger partial charge < -0.3 is 19.4 Å². The van der Waals surface area contributed by atoms with Crippen molar-refractivity contribution in [3.05, 3.63) is 58.6 Å². The topological polar surface area (TPSA) is 67.4 Å².